The number of hydrogen-bond acceptors (Lipinski definition) is 5. The largest absolute Gasteiger partial charge is 0.337 e. The molecule has 0 unspecified atom stereocenters. The van der Waals surface area contributed by atoms with Crippen molar-refractivity contribution in [1.82, 2.24) is 4.90 Å². The zero-order valence-electron chi connectivity index (χ0n) is 12.9. The summed E-state index contributed by atoms with van der Waals surface area (Å²) in [6.45, 7) is 2.65. The molecular weight excluding hydrogens is 366 g/mol. The molecule has 2 amide bonds. The molecule has 24 heavy (non-hydrogen) atoms. The van der Waals surface area contributed by atoms with Crippen molar-refractivity contribution in [2.24, 2.45) is 0 Å². The van der Waals surface area contributed by atoms with Crippen LogP contribution in [0.2, 0.25) is 4.34 Å². The Morgan fingerprint density at radius 2 is 2.21 bits per heavy atom. The van der Waals surface area contributed by atoms with Crippen molar-refractivity contribution in [3.63, 3.8) is 0 Å². The van der Waals surface area contributed by atoms with Gasteiger partial charge < -0.3 is 10.2 Å². The van der Waals surface area contributed by atoms with E-state index in [4.69, 9.17) is 11.6 Å². The number of nitrogens with zero attached hydrogens (tertiary/aromatic N) is 2. The molecule has 0 bridgehead atoms. The van der Waals surface area contributed by atoms with Crippen LogP contribution in [0.25, 0.3) is 0 Å². The van der Waals surface area contributed by atoms with Crippen LogP contribution in [0.1, 0.15) is 27.8 Å². The number of fused-ring (bicyclic) bond motifs is 1. The van der Waals surface area contributed by atoms with Crippen molar-refractivity contribution >= 4 is 51.1 Å². The van der Waals surface area contributed by atoms with Crippen molar-refractivity contribution < 1.29 is 9.59 Å². The molecule has 124 valence electrons. The van der Waals surface area contributed by atoms with Crippen molar-refractivity contribution in [3.05, 3.63) is 37.4 Å². The van der Waals surface area contributed by atoms with Gasteiger partial charge >= 0.3 is 0 Å². The first kappa shape index (κ1) is 17.0. The number of thiophene rings is 2. The molecule has 1 aliphatic heterocycles. The Bertz CT molecular complexity index is 850. The zero-order valence-corrected chi connectivity index (χ0v) is 15.3. The molecule has 1 N–H and O–H groups in total. The summed E-state index contributed by atoms with van der Waals surface area (Å²) < 4.78 is 0.645. The fourth-order valence-corrected chi connectivity index (χ4v) is 4.97. The fraction of sp³-hybridized carbons (Fsp3) is 0.312. The minimum absolute atomic E-state index is 0.0210. The van der Waals surface area contributed by atoms with Gasteiger partial charge in [-0.15, -0.1) is 22.7 Å². The maximum Gasteiger partial charge on any atom is 0.230 e. The standard InChI is InChI=1S/C16H14ClN3O2S2/c1-9(21)20-5-4-11-12(7-18)16(24-13(11)8-20)19-15(22)6-10-2-3-14(17)23-10/h2-3H,4-6,8H2,1H3,(H,19,22). The van der Waals surface area contributed by atoms with Gasteiger partial charge in [-0.25, -0.2) is 0 Å². The highest BCUT2D eigenvalue weighted by atomic mass is 35.5. The Kier molecular flexibility index (Phi) is 4.90. The Hall–Kier alpha value is -1.88. The summed E-state index contributed by atoms with van der Waals surface area (Å²) in [5.74, 6) is -0.153. The van der Waals surface area contributed by atoms with E-state index in [1.807, 2.05) is 6.07 Å². The highest BCUT2D eigenvalue weighted by molar-refractivity contribution is 7.17. The number of halogens is 1. The molecule has 0 saturated carbocycles. The van der Waals surface area contributed by atoms with Crippen LogP contribution in [0, 0.1) is 11.3 Å². The van der Waals surface area contributed by atoms with Gasteiger partial charge in [0.2, 0.25) is 11.8 Å². The molecule has 1 aliphatic rings. The topological polar surface area (TPSA) is 73.2 Å². The average Bonchev–Trinajstić information content (AvgIpc) is 3.08. The van der Waals surface area contributed by atoms with Crippen molar-refractivity contribution in [2.75, 3.05) is 11.9 Å². The number of carbonyl (C=O) groups is 2. The lowest BCUT2D eigenvalue weighted by Gasteiger charge is -2.25. The second kappa shape index (κ2) is 6.93. The van der Waals surface area contributed by atoms with Crippen molar-refractivity contribution in [3.8, 4) is 6.07 Å². The van der Waals surface area contributed by atoms with Crippen LogP contribution in [0.4, 0.5) is 5.00 Å². The normalized spacial score (nSPS) is 13.3. The summed E-state index contributed by atoms with van der Waals surface area (Å²) in [4.78, 5) is 27.4. The van der Waals surface area contributed by atoms with Crippen LogP contribution < -0.4 is 5.32 Å². The van der Waals surface area contributed by atoms with Gasteiger partial charge in [0.1, 0.15) is 11.1 Å². The molecule has 0 saturated heterocycles. The number of carbonyl (C=O) groups excluding carboxylic acids is 2. The molecular formula is C16H14ClN3O2S2. The maximum absolute atomic E-state index is 12.2. The number of anilines is 1. The van der Waals surface area contributed by atoms with Crippen LogP contribution in [0.3, 0.4) is 0 Å². The smallest absolute Gasteiger partial charge is 0.230 e. The highest BCUT2D eigenvalue weighted by Crippen LogP contribution is 2.36. The summed E-state index contributed by atoms with van der Waals surface area (Å²) >= 11 is 8.62. The van der Waals surface area contributed by atoms with Gasteiger partial charge in [-0.2, -0.15) is 5.26 Å². The first-order chi connectivity index (χ1) is 11.5. The molecule has 0 radical (unpaired) electrons. The molecule has 0 spiro atoms. The van der Waals surface area contributed by atoms with Gasteiger partial charge in [-0.1, -0.05) is 11.6 Å². The molecule has 0 fully saturated rings. The Balaban J connectivity index is 1.78. The number of nitriles is 1. The number of hydrogen-bond donors (Lipinski definition) is 1. The predicted octanol–water partition coefficient (Wildman–Crippen LogP) is 3.42. The summed E-state index contributed by atoms with van der Waals surface area (Å²) in [6.07, 6.45) is 0.870. The van der Waals surface area contributed by atoms with Crippen LogP contribution in [-0.4, -0.2) is 23.3 Å². The lowest BCUT2D eigenvalue weighted by Crippen LogP contribution is -2.33. The van der Waals surface area contributed by atoms with E-state index in [1.165, 1.54) is 22.7 Å². The second-order valence-corrected chi connectivity index (χ2v) is 8.35. The van der Waals surface area contributed by atoms with Crippen molar-refractivity contribution in [2.45, 2.75) is 26.3 Å². The molecule has 0 atom stereocenters. The third-order valence-corrected chi connectivity index (χ3v) is 6.19. The van der Waals surface area contributed by atoms with Gasteiger partial charge in [0.15, 0.2) is 0 Å². The molecule has 2 aromatic rings. The van der Waals surface area contributed by atoms with Crippen LogP contribution in [-0.2, 0) is 29.0 Å². The Morgan fingerprint density at radius 3 is 2.83 bits per heavy atom. The summed E-state index contributed by atoms with van der Waals surface area (Å²) in [5, 5.41) is 12.9. The molecule has 0 aromatic carbocycles. The first-order valence-corrected chi connectivity index (χ1v) is 9.33. The molecule has 3 heterocycles. The summed E-state index contributed by atoms with van der Waals surface area (Å²) in [6, 6.07) is 5.78. The Morgan fingerprint density at radius 1 is 1.42 bits per heavy atom. The molecule has 3 rings (SSSR count). The second-order valence-electron chi connectivity index (χ2n) is 5.44. The van der Waals surface area contributed by atoms with Crippen molar-refractivity contribution in [1.29, 1.82) is 5.26 Å². The van der Waals surface area contributed by atoms with Gasteiger partial charge in [-0.05, 0) is 24.1 Å². The summed E-state index contributed by atoms with van der Waals surface area (Å²) in [7, 11) is 0. The lowest BCUT2D eigenvalue weighted by molar-refractivity contribution is -0.129. The minimum atomic E-state index is -0.174. The van der Waals surface area contributed by atoms with Gasteiger partial charge in [0.05, 0.1) is 22.9 Å². The minimum Gasteiger partial charge on any atom is -0.337 e. The Labute approximate surface area is 152 Å². The highest BCUT2D eigenvalue weighted by Gasteiger charge is 2.26. The van der Waals surface area contributed by atoms with E-state index in [-0.39, 0.29) is 18.2 Å². The van der Waals surface area contributed by atoms with Gasteiger partial charge in [0.25, 0.3) is 0 Å². The van der Waals surface area contributed by atoms with E-state index >= 15 is 0 Å². The molecule has 2 aromatic heterocycles. The number of rotatable bonds is 3. The van der Waals surface area contributed by atoms with E-state index in [0.717, 1.165) is 15.3 Å². The zero-order chi connectivity index (χ0) is 17.3. The van der Waals surface area contributed by atoms with Gasteiger partial charge in [0, 0.05) is 23.2 Å². The molecule has 8 heteroatoms. The number of nitrogens with one attached hydrogen (secondary N) is 1. The van der Waals surface area contributed by atoms with E-state index in [1.54, 1.807) is 17.9 Å². The fourth-order valence-electron chi connectivity index (χ4n) is 2.65. The van der Waals surface area contributed by atoms with Gasteiger partial charge in [-0.3, -0.25) is 9.59 Å². The molecule has 5 nitrogen and oxygen atoms in total. The quantitative estimate of drug-likeness (QED) is 0.887. The monoisotopic (exact) mass is 379 g/mol. The third kappa shape index (κ3) is 3.46. The average molecular weight is 380 g/mol. The SMILES string of the molecule is CC(=O)N1CCc2c(sc(NC(=O)Cc3ccc(Cl)s3)c2C#N)C1. The van der Waals surface area contributed by atoms with E-state index in [0.29, 0.717) is 34.4 Å². The first-order valence-electron chi connectivity index (χ1n) is 7.32. The van der Waals surface area contributed by atoms with Crippen LogP contribution in [0.5, 0.6) is 0 Å². The number of amides is 2. The van der Waals surface area contributed by atoms with E-state index in [2.05, 4.69) is 11.4 Å². The van der Waals surface area contributed by atoms with Crippen LogP contribution in [0.15, 0.2) is 12.1 Å². The summed E-state index contributed by atoms with van der Waals surface area (Å²) in [5.41, 5.74) is 1.48. The van der Waals surface area contributed by atoms with E-state index < -0.39 is 0 Å². The van der Waals surface area contributed by atoms with Crippen LogP contribution >= 0.6 is 34.3 Å². The van der Waals surface area contributed by atoms with E-state index in [9.17, 15) is 14.9 Å². The lowest BCUT2D eigenvalue weighted by atomic mass is 10.0. The third-order valence-electron chi connectivity index (χ3n) is 3.83. The maximum atomic E-state index is 12.2. The molecule has 0 aliphatic carbocycles. The predicted molar refractivity (Wildman–Crippen MR) is 95.5 cm³/mol.